The first-order valence-electron chi connectivity index (χ1n) is 9.14. The molecule has 2 aromatic rings. The first kappa shape index (κ1) is 20.8. The maximum Gasteiger partial charge on any atom is 0.240 e. The van der Waals surface area contributed by atoms with Gasteiger partial charge in [-0.1, -0.05) is 39.7 Å². The molecule has 0 saturated carbocycles. The minimum Gasteiger partial charge on any atom is -0.377 e. The van der Waals surface area contributed by atoms with Crippen LogP contribution in [0.1, 0.15) is 12.0 Å². The lowest BCUT2D eigenvalue weighted by atomic mass is 9.67. The van der Waals surface area contributed by atoms with E-state index in [-0.39, 0.29) is 23.3 Å². The molecule has 154 valence electrons. The van der Waals surface area contributed by atoms with Crippen LogP contribution >= 0.6 is 27.5 Å². The van der Waals surface area contributed by atoms with Crippen molar-refractivity contribution in [2.24, 2.45) is 0 Å². The first-order chi connectivity index (χ1) is 13.7. The molecule has 29 heavy (non-hydrogen) atoms. The molecule has 2 aromatic carbocycles. The third-order valence-electron chi connectivity index (χ3n) is 5.70. The largest absolute Gasteiger partial charge is 0.377 e. The smallest absolute Gasteiger partial charge is 0.240 e. The number of hydrogen-bond donors (Lipinski definition) is 3. The van der Waals surface area contributed by atoms with Crippen LogP contribution in [-0.2, 0) is 15.4 Å². The number of rotatable bonds is 5. The van der Waals surface area contributed by atoms with Crippen molar-refractivity contribution in [1.29, 1.82) is 0 Å². The van der Waals surface area contributed by atoms with Crippen molar-refractivity contribution in [3.63, 3.8) is 0 Å². The van der Waals surface area contributed by atoms with Crippen LogP contribution in [0, 0.1) is 5.82 Å². The third-order valence-corrected chi connectivity index (χ3v) is 7.89. The van der Waals surface area contributed by atoms with Crippen molar-refractivity contribution < 1.29 is 12.8 Å². The van der Waals surface area contributed by atoms with Crippen molar-refractivity contribution >= 4 is 43.2 Å². The number of benzene rings is 2. The summed E-state index contributed by atoms with van der Waals surface area (Å²) in [7, 11) is -3.68. The van der Waals surface area contributed by atoms with E-state index in [0.29, 0.717) is 34.7 Å². The van der Waals surface area contributed by atoms with E-state index in [4.69, 9.17) is 11.6 Å². The molecule has 5 nitrogen and oxygen atoms in total. The Morgan fingerprint density at radius 1 is 1.31 bits per heavy atom. The van der Waals surface area contributed by atoms with Crippen LogP contribution in [0.15, 0.2) is 57.9 Å². The van der Waals surface area contributed by atoms with Gasteiger partial charge in [0.25, 0.3) is 0 Å². The van der Waals surface area contributed by atoms with E-state index in [2.05, 4.69) is 37.9 Å². The molecule has 2 atom stereocenters. The number of sulfonamides is 1. The normalized spacial score (nSPS) is 23.4. The number of nitrogens with one attached hydrogen (secondary N) is 3. The number of halogens is 3. The predicted octanol–water partition coefficient (Wildman–Crippen LogP) is 3.80. The van der Waals surface area contributed by atoms with Gasteiger partial charge in [0.15, 0.2) is 0 Å². The molecule has 1 fully saturated rings. The van der Waals surface area contributed by atoms with Gasteiger partial charge in [0.05, 0.1) is 16.6 Å². The van der Waals surface area contributed by atoms with E-state index >= 15 is 0 Å². The van der Waals surface area contributed by atoms with Crippen LogP contribution in [0.5, 0.6) is 0 Å². The summed E-state index contributed by atoms with van der Waals surface area (Å²) in [6, 6.07) is 9.23. The topological polar surface area (TPSA) is 70.2 Å². The Balaban J connectivity index is 1.62. The molecule has 0 unspecified atom stereocenters. The molecule has 0 aliphatic carbocycles. The van der Waals surface area contributed by atoms with Crippen LogP contribution < -0.4 is 15.4 Å². The number of hydrogen-bond acceptors (Lipinski definition) is 4. The molecule has 0 spiro atoms. The minimum absolute atomic E-state index is 0.109. The monoisotopic (exact) mass is 499 g/mol. The van der Waals surface area contributed by atoms with Crippen LogP contribution in [-0.4, -0.2) is 34.1 Å². The number of anilines is 1. The molecule has 3 N–H and O–H groups in total. The molecule has 0 amide bonds. The highest BCUT2D eigenvalue weighted by Crippen LogP contribution is 2.50. The predicted molar refractivity (Wildman–Crippen MR) is 116 cm³/mol. The standard InChI is InChI=1S/C20H20BrClFN3O2S/c1-12-10-24-11-18-20(12,16-8-13(21)9-17(23)19(16)26-18)6-7-25-29(27,28)15-4-2-14(22)3-5-15/h2-5,8-9,18,24-26H,1,6-7,10-11H2/t18-,20-/m0/s1. The molecule has 0 radical (unpaired) electrons. The Hall–Kier alpha value is -1.45. The summed E-state index contributed by atoms with van der Waals surface area (Å²) >= 11 is 9.22. The zero-order chi connectivity index (χ0) is 20.8. The van der Waals surface area contributed by atoms with Gasteiger partial charge in [-0.3, -0.25) is 0 Å². The van der Waals surface area contributed by atoms with E-state index in [1.54, 1.807) is 0 Å². The van der Waals surface area contributed by atoms with Crippen molar-refractivity contribution in [2.75, 3.05) is 25.0 Å². The second-order valence-corrected chi connectivity index (χ2v) is 10.4. The van der Waals surface area contributed by atoms with E-state index in [9.17, 15) is 12.8 Å². The number of piperidine rings is 1. The summed E-state index contributed by atoms with van der Waals surface area (Å²) in [6.45, 7) is 5.65. The molecule has 2 aliphatic heterocycles. The van der Waals surface area contributed by atoms with Gasteiger partial charge in [0.1, 0.15) is 5.82 Å². The second kappa shape index (κ2) is 7.67. The summed E-state index contributed by atoms with van der Waals surface area (Å²) in [4.78, 5) is 0.152. The fourth-order valence-corrected chi connectivity index (χ4v) is 5.90. The fraction of sp³-hybridized carbons (Fsp3) is 0.300. The lowest BCUT2D eigenvalue weighted by Crippen LogP contribution is -2.54. The molecule has 2 aliphatic rings. The minimum atomic E-state index is -3.68. The van der Waals surface area contributed by atoms with Crippen molar-refractivity contribution in [1.82, 2.24) is 10.0 Å². The van der Waals surface area contributed by atoms with Gasteiger partial charge in [-0.05, 0) is 48.4 Å². The molecular weight excluding hydrogens is 481 g/mol. The highest BCUT2D eigenvalue weighted by atomic mass is 79.9. The maximum absolute atomic E-state index is 14.6. The SMILES string of the molecule is C=C1CNC[C@@H]2Nc3c(F)cc(Br)cc3[C@]12CCNS(=O)(=O)c1ccc(Cl)cc1. The van der Waals surface area contributed by atoms with E-state index in [1.165, 1.54) is 30.3 Å². The van der Waals surface area contributed by atoms with Gasteiger partial charge in [-0.15, -0.1) is 0 Å². The van der Waals surface area contributed by atoms with E-state index in [1.807, 2.05) is 6.07 Å². The average molecular weight is 501 g/mol. The highest BCUT2D eigenvalue weighted by molar-refractivity contribution is 9.10. The van der Waals surface area contributed by atoms with E-state index in [0.717, 1.165) is 11.1 Å². The van der Waals surface area contributed by atoms with Gasteiger partial charge in [-0.25, -0.2) is 17.5 Å². The first-order valence-corrected chi connectivity index (χ1v) is 11.8. The Morgan fingerprint density at radius 3 is 2.76 bits per heavy atom. The molecule has 2 heterocycles. The zero-order valence-corrected chi connectivity index (χ0v) is 18.6. The number of fused-ring (bicyclic) bond motifs is 3. The van der Waals surface area contributed by atoms with Crippen molar-refractivity contribution in [3.8, 4) is 0 Å². The van der Waals surface area contributed by atoms with Gasteiger partial charge < -0.3 is 10.6 Å². The maximum atomic E-state index is 14.6. The summed E-state index contributed by atoms with van der Waals surface area (Å²) in [5.74, 6) is -0.335. The molecule has 0 aromatic heterocycles. The second-order valence-electron chi connectivity index (χ2n) is 7.31. The summed E-state index contributed by atoms with van der Waals surface area (Å²) < 4.78 is 43.2. The van der Waals surface area contributed by atoms with Crippen LogP contribution in [0.25, 0.3) is 0 Å². The lowest BCUT2D eigenvalue weighted by molar-refractivity contribution is 0.357. The van der Waals surface area contributed by atoms with Crippen LogP contribution in [0.3, 0.4) is 0 Å². The quantitative estimate of drug-likeness (QED) is 0.546. The van der Waals surface area contributed by atoms with Crippen molar-refractivity contribution in [3.05, 3.63) is 69.4 Å². The lowest BCUT2D eigenvalue weighted by Gasteiger charge is -2.42. The molecule has 9 heteroatoms. The van der Waals surface area contributed by atoms with E-state index < -0.39 is 15.4 Å². The zero-order valence-electron chi connectivity index (χ0n) is 15.4. The Bertz CT molecular complexity index is 1080. The summed E-state index contributed by atoms with van der Waals surface area (Å²) in [6.07, 6.45) is 0.459. The van der Waals surface area contributed by atoms with Gasteiger partial charge >= 0.3 is 0 Å². The van der Waals surface area contributed by atoms with Gasteiger partial charge in [-0.2, -0.15) is 0 Å². The summed E-state index contributed by atoms with van der Waals surface area (Å²) in [5.41, 5.74) is 1.62. The Kier molecular flexibility index (Phi) is 5.50. The van der Waals surface area contributed by atoms with Crippen LogP contribution in [0.2, 0.25) is 5.02 Å². The molecule has 4 rings (SSSR count). The molecule has 1 saturated heterocycles. The Morgan fingerprint density at radius 2 is 2.03 bits per heavy atom. The molecule has 0 bridgehead atoms. The van der Waals surface area contributed by atoms with Crippen LogP contribution in [0.4, 0.5) is 10.1 Å². The average Bonchev–Trinajstić information content (AvgIpc) is 2.98. The Labute approximate surface area is 182 Å². The fourth-order valence-electron chi connectivity index (χ4n) is 4.31. The highest BCUT2D eigenvalue weighted by Gasteiger charge is 2.51. The van der Waals surface area contributed by atoms with Gasteiger partial charge in [0, 0.05) is 34.5 Å². The van der Waals surface area contributed by atoms with Gasteiger partial charge in [0.2, 0.25) is 10.0 Å². The summed E-state index contributed by atoms with van der Waals surface area (Å²) in [5, 5.41) is 7.04. The van der Waals surface area contributed by atoms with Crippen molar-refractivity contribution in [2.45, 2.75) is 22.8 Å². The molecular formula is C20H20BrClFN3O2S. The third kappa shape index (κ3) is 3.61.